The van der Waals surface area contributed by atoms with Crippen LogP contribution in [0.25, 0.3) is 5.69 Å². The van der Waals surface area contributed by atoms with Gasteiger partial charge < -0.3 is 5.11 Å². The van der Waals surface area contributed by atoms with Gasteiger partial charge in [0.1, 0.15) is 0 Å². The van der Waals surface area contributed by atoms with Gasteiger partial charge in [-0.25, -0.2) is 9.48 Å². The average Bonchev–Trinajstić information content (AvgIpc) is 2.32. The fourth-order valence-corrected chi connectivity index (χ4v) is 1.55. The van der Waals surface area contributed by atoms with Crippen molar-refractivity contribution >= 4 is 5.97 Å². The van der Waals surface area contributed by atoms with Gasteiger partial charge in [0.15, 0.2) is 0 Å². The maximum absolute atomic E-state index is 11.6. The number of pyridine rings is 1. The van der Waals surface area contributed by atoms with Crippen LogP contribution >= 0.6 is 0 Å². The van der Waals surface area contributed by atoms with Gasteiger partial charge in [0.2, 0.25) is 11.1 Å². The molecule has 0 aliphatic rings. The predicted molar refractivity (Wildman–Crippen MR) is 64.1 cm³/mol. The lowest BCUT2D eigenvalue weighted by atomic mass is 10.2. The summed E-state index contributed by atoms with van der Waals surface area (Å²) in [6, 6.07) is 1.80. The minimum Gasteiger partial charge on any atom is -0.476 e. The molecule has 0 unspecified atom stereocenters. The molecule has 2 aromatic rings. The number of nitrogens with zero attached hydrogens (tertiary/aromatic N) is 3. The molecule has 0 aliphatic heterocycles. The van der Waals surface area contributed by atoms with E-state index < -0.39 is 17.1 Å². The van der Waals surface area contributed by atoms with E-state index >= 15 is 0 Å². The lowest BCUT2D eigenvalue weighted by molar-refractivity contribution is 0.0686. The molecule has 1 N–H and O–H groups in total. The van der Waals surface area contributed by atoms with Crippen molar-refractivity contribution in [2.75, 3.05) is 0 Å². The molecule has 2 heterocycles. The van der Waals surface area contributed by atoms with E-state index in [9.17, 15) is 9.59 Å². The van der Waals surface area contributed by atoms with Crippen LogP contribution in [-0.2, 0) is 0 Å². The molecule has 0 spiro atoms. The second kappa shape index (κ2) is 4.40. The molecule has 92 valence electrons. The van der Waals surface area contributed by atoms with Gasteiger partial charge >= 0.3 is 5.97 Å². The molecule has 0 aliphatic carbocycles. The van der Waals surface area contributed by atoms with Gasteiger partial charge in [-0.2, -0.15) is 5.10 Å². The first-order valence-electron chi connectivity index (χ1n) is 5.25. The number of aromatic carboxylic acids is 1. The highest BCUT2D eigenvalue weighted by Crippen LogP contribution is 2.07. The highest BCUT2D eigenvalue weighted by molar-refractivity contribution is 5.85. The van der Waals surface area contributed by atoms with Crippen LogP contribution in [-0.4, -0.2) is 25.8 Å². The van der Waals surface area contributed by atoms with Crippen molar-refractivity contribution in [2.24, 2.45) is 0 Å². The van der Waals surface area contributed by atoms with E-state index in [2.05, 4.69) is 10.1 Å². The van der Waals surface area contributed by atoms with Gasteiger partial charge in [0, 0.05) is 18.0 Å². The summed E-state index contributed by atoms with van der Waals surface area (Å²) in [5, 5.41) is 12.7. The molecule has 2 aromatic heterocycles. The smallest absolute Gasteiger partial charge is 0.360 e. The number of carboxylic acids is 1. The molecule has 0 fully saturated rings. The van der Waals surface area contributed by atoms with Crippen LogP contribution in [0.3, 0.4) is 0 Å². The van der Waals surface area contributed by atoms with Crippen LogP contribution < -0.4 is 5.43 Å². The van der Waals surface area contributed by atoms with Crippen molar-refractivity contribution in [3.8, 4) is 5.69 Å². The van der Waals surface area contributed by atoms with Crippen LogP contribution in [0.2, 0.25) is 0 Å². The van der Waals surface area contributed by atoms with E-state index in [1.54, 1.807) is 25.4 Å². The Bertz CT molecular complexity index is 677. The number of hydrogen-bond acceptors (Lipinski definition) is 4. The molecule has 2 rings (SSSR count). The molecule has 0 radical (unpaired) electrons. The molecule has 6 nitrogen and oxygen atoms in total. The Kier molecular flexibility index (Phi) is 2.93. The van der Waals surface area contributed by atoms with Crippen molar-refractivity contribution in [3.05, 3.63) is 51.7 Å². The van der Waals surface area contributed by atoms with E-state index in [4.69, 9.17) is 5.11 Å². The maximum atomic E-state index is 11.6. The average molecular weight is 245 g/mol. The summed E-state index contributed by atoms with van der Waals surface area (Å²) in [4.78, 5) is 26.5. The normalized spacial score (nSPS) is 10.3. The second-order valence-corrected chi connectivity index (χ2v) is 3.96. The second-order valence-electron chi connectivity index (χ2n) is 3.96. The minimum atomic E-state index is -1.34. The SMILES string of the molecule is Cc1cncc(-n2cc(C)c(=O)c(C(=O)O)n2)c1. The summed E-state index contributed by atoms with van der Waals surface area (Å²) in [5.74, 6) is -1.34. The fraction of sp³-hybridized carbons (Fsp3) is 0.167. The summed E-state index contributed by atoms with van der Waals surface area (Å²) >= 11 is 0. The molecule has 0 aromatic carbocycles. The summed E-state index contributed by atoms with van der Waals surface area (Å²) in [5.41, 5.74) is 0.794. The van der Waals surface area contributed by atoms with Crippen molar-refractivity contribution < 1.29 is 9.90 Å². The Hall–Kier alpha value is -2.50. The molecular formula is C12H11N3O3. The summed E-state index contributed by atoms with van der Waals surface area (Å²) in [7, 11) is 0. The van der Waals surface area contributed by atoms with Gasteiger partial charge in [-0.15, -0.1) is 0 Å². The van der Waals surface area contributed by atoms with Gasteiger partial charge in [-0.05, 0) is 25.5 Å². The number of carbonyl (C=O) groups is 1. The van der Waals surface area contributed by atoms with Crippen molar-refractivity contribution in [2.45, 2.75) is 13.8 Å². The Labute approximate surface area is 103 Å². The largest absolute Gasteiger partial charge is 0.476 e. The maximum Gasteiger partial charge on any atom is 0.360 e. The quantitative estimate of drug-likeness (QED) is 0.851. The van der Waals surface area contributed by atoms with E-state index in [0.717, 1.165) is 5.56 Å². The topological polar surface area (TPSA) is 85.1 Å². The fourth-order valence-electron chi connectivity index (χ4n) is 1.55. The van der Waals surface area contributed by atoms with Gasteiger partial charge in [-0.3, -0.25) is 9.78 Å². The predicted octanol–water partition coefficient (Wildman–Crippen LogP) is 0.943. The minimum absolute atomic E-state index is 0.323. The lowest BCUT2D eigenvalue weighted by Gasteiger charge is -2.07. The Morgan fingerprint density at radius 3 is 2.67 bits per heavy atom. The van der Waals surface area contributed by atoms with Gasteiger partial charge in [0.25, 0.3) is 0 Å². The highest BCUT2D eigenvalue weighted by atomic mass is 16.4. The Morgan fingerprint density at radius 1 is 1.33 bits per heavy atom. The number of aryl methyl sites for hydroxylation is 2. The molecule has 0 atom stereocenters. The van der Waals surface area contributed by atoms with E-state index in [-0.39, 0.29) is 0 Å². The monoisotopic (exact) mass is 245 g/mol. The summed E-state index contributed by atoms with van der Waals surface area (Å²) in [6.45, 7) is 3.42. The summed E-state index contributed by atoms with van der Waals surface area (Å²) in [6.07, 6.45) is 4.72. The van der Waals surface area contributed by atoms with Crippen molar-refractivity contribution in [1.29, 1.82) is 0 Å². The van der Waals surface area contributed by atoms with E-state index in [1.165, 1.54) is 10.9 Å². The number of carboxylic acid groups (broad SMARTS) is 1. The third kappa shape index (κ3) is 2.13. The lowest BCUT2D eigenvalue weighted by Crippen LogP contribution is -2.23. The zero-order chi connectivity index (χ0) is 13.3. The van der Waals surface area contributed by atoms with Crippen LogP contribution in [0, 0.1) is 13.8 Å². The Morgan fingerprint density at radius 2 is 2.06 bits per heavy atom. The molecular weight excluding hydrogens is 234 g/mol. The summed E-state index contributed by atoms with van der Waals surface area (Å²) < 4.78 is 1.35. The standard InChI is InChI=1S/C12H11N3O3/c1-7-3-9(5-13-4-7)15-6-8(2)11(16)10(14-15)12(17)18/h3-6H,1-2H3,(H,17,18). The van der Waals surface area contributed by atoms with Crippen LogP contribution in [0.5, 0.6) is 0 Å². The van der Waals surface area contributed by atoms with Gasteiger partial charge in [0.05, 0.1) is 11.9 Å². The first-order valence-corrected chi connectivity index (χ1v) is 5.25. The molecule has 0 saturated heterocycles. The number of hydrogen-bond donors (Lipinski definition) is 1. The number of rotatable bonds is 2. The number of aromatic nitrogens is 3. The van der Waals surface area contributed by atoms with Crippen molar-refractivity contribution in [1.82, 2.24) is 14.8 Å². The Balaban J connectivity index is 2.66. The first-order chi connectivity index (χ1) is 8.49. The highest BCUT2D eigenvalue weighted by Gasteiger charge is 2.14. The van der Waals surface area contributed by atoms with E-state index in [0.29, 0.717) is 11.3 Å². The van der Waals surface area contributed by atoms with E-state index in [1.807, 2.05) is 6.92 Å². The molecule has 0 amide bonds. The zero-order valence-electron chi connectivity index (χ0n) is 9.91. The van der Waals surface area contributed by atoms with Crippen LogP contribution in [0.4, 0.5) is 0 Å². The van der Waals surface area contributed by atoms with Crippen molar-refractivity contribution in [3.63, 3.8) is 0 Å². The molecule has 18 heavy (non-hydrogen) atoms. The third-order valence-corrected chi connectivity index (χ3v) is 2.42. The molecule has 0 bridgehead atoms. The molecule has 0 saturated carbocycles. The van der Waals surface area contributed by atoms with Crippen LogP contribution in [0.1, 0.15) is 21.6 Å². The zero-order valence-corrected chi connectivity index (χ0v) is 9.91. The van der Waals surface area contributed by atoms with Crippen LogP contribution in [0.15, 0.2) is 29.5 Å². The third-order valence-electron chi connectivity index (χ3n) is 2.42. The molecule has 6 heteroatoms. The van der Waals surface area contributed by atoms with Gasteiger partial charge in [-0.1, -0.05) is 0 Å². The first kappa shape index (κ1) is 12.0.